The summed E-state index contributed by atoms with van der Waals surface area (Å²) in [5.41, 5.74) is 5.31. The van der Waals surface area contributed by atoms with Crippen molar-refractivity contribution in [3.05, 3.63) is 23.6 Å². The highest BCUT2D eigenvalue weighted by Gasteiger charge is 2.25. The van der Waals surface area contributed by atoms with Crippen molar-refractivity contribution in [1.82, 2.24) is 15.2 Å². The third-order valence-corrected chi connectivity index (χ3v) is 3.76. The summed E-state index contributed by atoms with van der Waals surface area (Å²) in [6, 6.07) is 1.86. The molecule has 0 aromatic carbocycles. The van der Waals surface area contributed by atoms with E-state index in [9.17, 15) is 9.18 Å². The van der Waals surface area contributed by atoms with Crippen LogP contribution in [0.5, 0.6) is 0 Å². The van der Waals surface area contributed by atoms with E-state index in [-0.39, 0.29) is 11.4 Å². The van der Waals surface area contributed by atoms with Gasteiger partial charge in [0, 0.05) is 25.3 Å². The Hall–Kier alpha value is -1.69. The molecule has 1 unspecified atom stereocenters. The van der Waals surface area contributed by atoms with E-state index in [4.69, 9.17) is 5.73 Å². The van der Waals surface area contributed by atoms with Gasteiger partial charge in [0.15, 0.2) is 11.6 Å². The number of pyridine rings is 1. The van der Waals surface area contributed by atoms with Crippen LogP contribution in [0.3, 0.4) is 0 Å². The largest absolute Gasteiger partial charge is 0.381 e. The molecular weight excluding hydrogens is 259 g/mol. The summed E-state index contributed by atoms with van der Waals surface area (Å²) in [5.74, 6) is -1.01. The molecule has 1 fully saturated rings. The Bertz CT molecular complexity index is 492. The first kappa shape index (κ1) is 14.7. The number of hydrogen-bond acceptors (Lipinski definition) is 4. The van der Waals surface area contributed by atoms with Crippen molar-refractivity contribution in [2.24, 2.45) is 5.92 Å². The molecular formula is C14H21FN4O. The van der Waals surface area contributed by atoms with Gasteiger partial charge < -0.3 is 16.0 Å². The van der Waals surface area contributed by atoms with Crippen molar-refractivity contribution in [2.75, 3.05) is 25.4 Å². The summed E-state index contributed by atoms with van der Waals surface area (Å²) in [6.45, 7) is 6.91. The van der Waals surface area contributed by atoms with Crippen LogP contribution in [0.2, 0.25) is 0 Å². The quantitative estimate of drug-likeness (QED) is 0.871. The van der Waals surface area contributed by atoms with Crippen molar-refractivity contribution in [3.63, 3.8) is 0 Å². The smallest absolute Gasteiger partial charge is 0.254 e. The molecule has 1 aliphatic heterocycles. The standard InChI is InChI=1S/C14H21FN4O/c1-9(2)19-6-4-10(8-19)7-18-14(20)11-3-5-17-13(16)12(11)15/h3,5,9-10H,4,6-8H2,1-2H3,(H2,16,17)(H,18,20). The number of nitrogens with zero attached hydrogens (tertiary/aromatic N) is 2. The van der Waals surface area contributed by atoms with Crippen molar-refractivity contribution < 1.29 is 9.18 Å². The van der Waals surface area contributed by atoms with E-state index in [1.807, 2.05) is 0 Å². The molecule has 110 valence electrons. The minimum atomic E-state index is -0.750. The van der Waals surface area contributed by atoms with Crippen molar-refractivity contribution in [3.8, 4) is 0 Å². The maximum atomic E-state index is 13.7. The Labute approximate surface area is 118 Å². The Morgan fingerprint density at radius 3 is 3.05 bits per heavy atom. The summed E-state index contributed by atoms with van der Waals surface area (Å²) >= 11 is 0. The van der Waals surface area contributed by atoms with Crippen LogP contribution in [0, 0.1) is 11.7 Å². The van der Waals surface area contributed by atoms with Gasteiger partial charge in [-0.1, -0.05) is 0 Å². The zero-order valence-electron chi connectivity index (χ0n) is 11.9. The Morgan fingerprint density at radius 2 is 2.40 bits per heavy atom. The molecule has 0 spiro atoms. The zero-order valence-corrected chi connectivity index (χ0v) is 11.9. The van der Waals surface area contributed by atoms with Gasteiger partial charge in [-0.25, -0.2) is 9.37 Å². The molecule has 0 aliphatic carbocycles. The molecule has 0 saturated carbocycles. The van der Waals surface area contributed by atoms with Gasteiger partial charge in [0.05, 0.1) is 5.56 Å². The second-order valence-electron chi connectivity index (χ2n) is 5.51. The van der Waals surface area contributed by atoms with E-state index in [2.05, 4.69) is 29.0 Å². The Morgan fingerprint density at radius 1 is 1.65 bits per heavy atom. The second-order valence-corrected chi connectivity index (χ2v) is 5.51. The van der Waals surface area contributed by atoms with E-state index in [0.29, 0.717) is 18.5 Å². The number of carbonyl (C=O) groups is 1. The fourth-order valence-electron chi connectivity index (χ4n) is 2.47. The summed E-state index contributed by atoms with van der Waals surface area (Å²) in [4.78, 5) is 17.9. The zero-order chi connectivity index (χ0) is 14.7. The molecule has 0 bridgehead atoms. The van der Waals surface area contributed by atoms with Gasteiger partial charge in [0.1, 0.15) is 0 Å². The molecule has 1 aliphatic rings. The highest BCUT2D eigenvalue weighted by molar-refractivity contribution is 5.95. The number of nitrogens with two attached hydrogens (primary N) is 1. The number of anilines is 1. The van der Waals surface area contributed by atoms with E-state index >= 15 is 0 Å². The van der Waals surface area contributed by atoms with Gasteiger partial charge >= 0.3 is 0 Å². The fraction of sp³-hybridized carbons (Fsp3) is 0.571. The van der Waals surface area contributed by atoms with Gasteiger partial charge in [-0.3, -0.25) is 4.79 Å². The lowest BCUT2D eigenvalue weighted by molar-refractivity contribution is 0.0943. The summed E-state index contributed by atoms with van der Waals surface area (Å²) < 4.78 is 13.7. The van der Waals surface area contributed by atoms with E-state index in [0.717, 1.165) is 19.5 Å². The molecule has 3 N–H and O–H groups in total. The SMILES string of the molecule is CC(C)N1CCC(CNC(=O)c2ccnc(N)c2F)C1. The van der Waals surface area contributed by atoms with Crippen LogP contribution in [-0.2, 0) is 0 Å². The molecule has 2 rings (SSSR count). The van der Waals surface area contributed by atoms with Crippen molar-refractivity contribution >= 4 is 11.7 Å². The molecule has 1 aromatic rings. The van der Waals surface area contributed by atoms with Gasteiger partial charge in [-0.05, 0) is 38.8 Å². The topological polar surface area (TPSA) is 71.2 Å². The van der Waals surface area contributed by atoms with E-state index in [1.54, 1.807) is 0 Å². The minimum Gasteiger partial charge on any atom is -0.381 e. The average Bonchev–Trinajstić information content (AvgIpc) is 2.88. The first-order valence-electron chi connectivity index (χ1n) is 6.91. The number of nitrogens with one attached hydrogen (secondary N) is 1. The minimum absolute atomic E-state index is 0.0452. The lowest BCUT2D eigenvalue weighted by Gasteiger charge is -2.20. The number of likely N-dealkylation sites (tertiary alicyclic amines) is 1. The molecule has 6 heteroatoms. The lowest BCUT2D eigenvalue weighted by Crippen LogP contribution is -2.33. The number of amides is 1. The molecule has 1 saturated heterocycles. The van der Waals surface area contributed by atoms with E-state index in [1.165, 1.54) is 12.3 Å². The fourth-order valence-corrected chi connectivity index (χ4v) is 2.47. The first-order valence-corrected chi connectivity index (χ1v) is 6.91. The van der Waals surface area contributed by atoms with Crippen LogP contribution < -0.4 is 11.1 Å². The van der Waals surface area contributed by atoms with Crippen LogP contribution in [0.4, 0.5) is 10.2 Å². The van der Waals surface area contributed by atoms with Crippen LogP contribution in [0.15, 0.2) is 12.3 Å². The normalized spacial score (nSPS) is 19.5. The Kier molecular flexibility index (Phi) is 4.54. The number of halogens is 1. The molecule has 0 radical (unpaired) electrons. The van der Waals surface area contributed by atoms with Crippen LogP contribution in [0.1, 0.15) is 30.6 Å². The molecule has 5 nitrogen and oxygen atoms in total. The molecule has 2 heterocycles. The lowest BCUT2D eigenvalue weighted by atomic mass is 10.1. The molecule has 1 atom stereocenters. The third-order valence-electron chi connectivity index (χ3n) is 3.76. The van der Waals surface area contributed by atoms with E-state index < -0.39 is 11.7 Å². The number of aromatic nitrogens is 1. The van der Waals surface area contributed by atoms with Gasteiger partial charge in [-0.2, -0.15) is 0 Å². The van der Waals surface area contributed by atoms with Gasteiger partial charge in [-0.15, -0.1) is 0 Å². The van der Waals surface area contributed by atoms with Gasteiger partial charge in [0.2, 0.25) is 0 Å². The molecule has 1 aromatic heterocycles. The summed E-state index contributed by atoms with van der Waals surface area (Å²) in [7, 11) is 0. The number of carbonyl (C=O) groups excluding carboxylic acids is 1. The van der Waals surface area contributed by atoms with Crippen LogP contribution >= 0.6 is 0 Å². The predicted octanol–water partition coefficient (Wildman–Crippen LogP) is 1.26. The Balaban J connectivity index is 1.89. The predicted molar refractivity (Wildman–Crippen MR) is 75.8 cm³/mol. The summed E-state index contributed by atoms with van der Waals surface area (Å²) in [6.07, 6.45) is 2.39. The third kappa shape index (κ3) is 3.25. The highest BCUT2D eigenvalue weighted by Crippen LogP contribution is 2.18. The first-order chi connectivity index (χ1) is 9.49. The second kappa shape index (κ2) is 6.17. The van der Waals surface area contributed by atoms with Gasteiger partial charge in [0.25, 0.3) is 5.91 Å². The average molecular weight is 280 g/mol. The summed E-state index contributed by atoms with van der Waals surface area (Å²) in [5, 5.41) is 2.78. The number of hydrogen-bond donors (Lipinski definition) is 2. The number of rotatable bonds is 4. The maximum Gasteiger partial charge on any atom is 0.254 e. The van der Waals surface area contributed by atoms with Crippen LogP contribution in [-0.4, -0.2) is 41.5 Å². The maximum absolute atomic E-state index is 13.7. The van der Waals surface area contributed by atoms with Crippen molar-refractivity contribution in [2.45, 2.75) is 26.3 Å². The molecule has 1 amide bonds. The van der Waals surface area contributed by atoms with Crippen LogP contribution in [0.25, 0.3) is 0 Å². The molecule has 20 heavy (non-hydrogen) atoms. The van der Waals surface area contributed by atoms with Crippen molar-refractivity contribution in [1.29, 1.82) is 0 Å². The highest BCUT2D eigenvalue weighted by atomic mass is 19.1. The number of nitrogen functional groups attached to an aromatic ring is 1. The monoisotopic (exact) mass is 280 g/mol.